The van der Waals surface area contributed by atoms with Gasteiger partial charge in [0.2, 0.25) is 5.91 Å². The predicted octanol–water partition coefficient (Wildman–Crippen LogP) is 4.10. The van der Waals surface area contributed by atoms with Gasteiger partial charge >= 0.3 is 0 Å². The van der Waals surface area contributed by atoms with E-state index in [4.69, 9.17) is 15.2 Å². The molecule has 2 N–H and O–H groups in total. The molecule has 0 aliphatic rings. The third kappa shape index (κ3) is 3.93. The number of amides is 1. The second-order valence-electron chi connectivity index (χ2n) is 6.68. The van der Waals surface area contributed by atoms with Crippen molar-refractivity contribution in [3.63, 3.8) is 0 Å². The molecule has 1 atom stereocenters. The summed E-state index contributed by atoms with van der Waals surface area (Å²) in [5, 5.41) is 0. The van der Waals surface area contributed by atoms with Crippen LogP contribution >= 0.6 is 0 Å². The Kier molecular flexibility index (Phi) is 6.94. The van der Waals surface area contributed by atoms with Gasteiger partial charge in [-0.2, -0.15) is 0 Å². The van der Waals surface area contributed by atoms with Crippen LogP contribution in [-0.4, -0.2) is 40.2 Å². The summed E-state index contributed by atoms with van der Waals surface area (Å²) in [5.41, 5.74) is 5.17. The number of rotatable bonds is 9. The van der Waals surface area contributed by atoms with Crippen molar-refractivity contribution in [2.75, 3.05) is 34.2 Å². The first-order valence-electron chi connectivity index (χ1n) is 8.71. The number of alkyl halides is 3. The third-order valence-electron chi connectivity index (χ3n) is 5.07. The Balaban J connectivity index is 2.61. The van der Waals surface area contributed by atoms with Crippen molar-refractivity contribution in [1.29, 1.82) is 0 Å². The maximum absolute atomic E-state index is 13.5. The summed E-state index contributed by atoms with van der Waals surface area (Å²) in [6.45, 7) is -1.77. The zero-order valence-electron chi connectivity index (χ0n) is 16.1. The summed E-state index contributed by atoms with van der Waals surface area (Å²) >= 11 is 0. The molecule has 0 saturated heterocycles. The Morgan fingerprint density at radius 3 is 2.11 bits per heavy atom. The van der Waals surface area contributed by atoms with Crippen molar-refractivity contribution in [1.82, 2.24) is 0 Å². The zero-order chi connectivity index (χ0) is 20.9. The van der Waals surface area contributed by atoms with E-state index in [0.717, 1.165) is 5.56 Å². The van der Waals surface area contributed by atoms with Gasteiger partial charge in [-0.05, 0) is 34.9 Å². The highest BCUT2D eigenvalue weighted by Gasteiger charge is 2.34. The largest absolute Gasteiger partial charge is 0.493 e. The molecule has 2 aromatic carbocycles. The summed E-state index contributed by atoms with van der Waals surface area (Å²) in [6.07, 6.45) is 0. The molecule has 0 radical (unpaired) electrons. The van der Waals surface area contributed by atoms with E-state index in [0.29, 0.717) is 17.1 Å². The van der Waals surface area contributed by atoms with E-state index in [-0.39, 0.29) is 17.0 Å². The quantitative estimate of drug-likeness (QED) is 0.695. The van der Waals surface area contributed by atoms with Crippen LogP contribution in [0.25, 0.3) is 0 Å². The van der Waals surface area contributed by atoms with Gasteiger partial charge in [0.15, 0.2) is 11.5 Å². The van der Waals surface area contributed by atoms with E-state index in [2.05, 4.69) is 0 Å². The number of carbonyl (C=O) groups excluding carboxylic acids is 1. The molecule has 0 spiro atoms. The molecule has 2 aromatic rings. The molecule has 4 nitrogen and oxygen atoms in total. The minimum absolute atomic E-state index is 0.146. The molecule has 0 aromatic heterocycles. The number of methoxy groups -OCH3 is 2. The fourth-order valence-corrected chi connectivity index (χ4v) is 3.12. The monoisotopic (exact) mass is 395 g/mol. The minimum atomic E-state index is -1.89. The van der Waals surface area contributed by atoms with E-state index in [9.17, 15) is 18.0 Å². The average molecular weight is 395 g/mol. The number of hydrogen-bond acceptors (Lipinski definition) is 3. The lowest BCUT2D eigenvalue weighted by atomic mass is 9.80. The molecule has 28 heavy (non-hydrogen) atoms. The standard InChI is InChI=1S/C21H24F3NO3/c1-13(14-4-7-18(27-2)19(8-14)28-3)17-9-15(5-6-16(17)20(25)26)21(10-22,11-23)12-24/h4-9,13H,10-12H2,1-3H3,(H2,25,26). The Bertz CT molecular complexity index is 829. The molecule has 0 saturated carbocycles. The summed E-state index contributed by atoms with van der Waals surface area (Å²) in [6, 6.07) is 9.45. The van der Waals surface area contributed by atoms with Gasteiger partial charge in [0, 0.05) is 11.5 Å². The van der Waals surface area contributed by atoms with Crippen molar-refractivity contribution in [3.05, 3.63) is 58.7 Å². The highest BCUT2D eigenvalue weighted by Crippen LogP contribution is 2.36. The highest BCUT2D eigenvalue weighted by molar-refractivity contribution is 5.94. The number of carbonyl (C=O) groups is 1. The number of ether oxygens (including phenoxy) is 2. The summed E-state index contributed by atoms with van der Waals surface area (Å²) in [7, 11) is 3.01. The van der Waals surface area contributed by atoms with Crippen molar-refractivity contribution in [3.8, 4) is 11.5 Å². The first kappa shape index (κ1) is 21.6. The number of primary amides is 1. The Morgan fingerprint density at radius 1 is 1.00 bits per heavy atom. The van der Waals surface area contributed by atoms with E-state index in [1.165, 1.54) is 32.4 Å². The van der Waals surface area contributed by atoms with Crippen LogP contribution in [0.15, 0.2) is 36.4 Å². The fourth-order valence-electron chi connectivity index (χ4n) is 3.12. The van der Waals surface area contributed by atoms with Gasteiger partial charge in [0.1, 0.15) is 20.0 Å². The molecule has 0 aliphatic heterocycles. The van der Waals surface area contributed by atoms with Crippen molar-refractivity contribution in [2.45, 2.75) is 18.3 Å². The Morgan fingerprint density at radius 2 is 1.61 bits per heavy atom. The first-order valence-corrected chi connectivity index (χ1v) is 8.71. The van der Waals surface area contributed by atoms with Gasteiger partial charge in [0.25, 0.3) is 0 Å². The fraction of sp³-hybridized carbons (Fsp3) is 0.381. The molecular formula is C21H24F3NO3. The minimum Gasteiger partial charge on any atom is -0.493 e. The van der Waals surface area contributed by atoms with Crippen LogP contribution in [-0.2, 0) is 5.41 Å². The van der Waals surface area contributed by atoms with Gasteiger partial charge in [0.05, 0.1) is 19.6 Å². The van der Waals surface area contributed by atoms with Crippen molar-refractivity contribution < 1.29 is 27.4 Å². The molecule has 0 fully saturated rings. The molecule has 7 heteroatoms. The third-order valence-corrected chi connectivity index (χ3v) is 5.07. The lowest BCUT2D eigenvalue weighted by Crippen LogP contribution is -2.34. The first-order chi connectivity index (χ1) is 13.4. The van der Waals surface area contributed by atoms with Crippen molar-refractivity contribution >= 4 is 5.91 Å². The summed E-state index contributed by atoms with van der Waals surface area (Å²) in [5.74, 6) is -0.0260. The van der Waals surface area contributed by atoms with Crippen LogP contribution in [0.4, 0.5) is 13.2 Å². The van der Waals surface area contributed by atoms with E-state index in [1.807, 2.05) is 6.92 Å². The second-order valence-corrected chi connectivity index (χ2v) is 6.68. The van der Waals surface area contributed by atoms with Crippen LogP contribution in [0.5, 0.6) is 11.5 Å². The summed E-state index contributed by atoms with van der Waals surface area (Å²) in [4.78, 5) is 11.9. The molecule has 2 rings (SSSR count). The topological polar surface area (TPSA) is 61.5 Å². The summed E-state index contributed by atoms with van der Waals surface area (Å²) < 4.78 is 51.0. The van der Waals surface area contributed by atoms with Crippen molar-refractivity contribution in [2.24, 2.45) is 5.73 Å². The van der Waals surface area contributed by atoms with Crippen LogP contribution in [0, 0.1) is 0 Å². The predicted molar refractivity (Wildman–Crippen MR) is 102 cm³/mol. The number of hydrogen-bond donors (Lipinski definition) is 1. The van der Waals surface area contributed by atoms with E-state index >= 15 is 0 Å². The smallest absolute Gasteiger partial charge is 0.248 e. The van der Waals surface area contributed by atoms with Gasteiger partial charge < -0.3 is 15.2 Å². The van der Waals surface area contributed by atoms with Crippen LogP contribution in [0.3, 0.4) is 0 Å². The Labute approximate surface area is 162 Å². The SMILES string of the molecule is COc1ccc(C(C)c2cc(C(CF)(CF)CF)ccc2C(N)=O)cc1OC. The van der Waals surface area contributed by atoms with Gasteiger partial charge in [-0.15, -0.1) is 0 Å². The number of halogens is 3. The highest BCUT2D eigenvalue weighted by atomic mass is 19.1. The lowest BCUT2D eigenvalue weighted by Gasteiger charge is -2.27. The van der Waals surface area contributed by atoms with Gasteiger partial charge in [-0.3, -0.25) is 4.79 Å². The molecule has 152 valence electrons. The van der Waals surface area contributed by atoms with Gasteiger partial charge in [-0.25, -0.2) is 13.2 Å². The lowest BCUT2D eigenvalue weighted by molar-refractivity contribution is 0.0999. The molecular weight excluding hydrogens is 371 g/mol. The molecule has 0 bridgehead atoms. The maximum atomic E-state index is 13.5. The van der Waals surface area contributed by atoms with Crippen LogP contribution in [0.2, 0.25) is 0 Å². The zero-order valence-corrected chi connectivity index (χ0v) is 16.1. The average Bonchev–Trinajstić information content (AvgIpc) is 2.74. The van der Waals surface area contributed by atoms with Gasteiger partial charge in [-0.1, -0.05) is 25.1 Å². The van der Waals surface area contributed by atoms with E-state index in [1.54, 1.807) is 18.2 Å². The molecule has 0 aliphatic carbocycles. The number of benzene rings is 2. The van der Waals surface area contributed by atoms with E-state index < -0.39 is 31.3 Å². The number of nitrogens with two attached hydrogens (primary N) is 1. The van der Waals surface area contributed by atoms with Crippen LogP contribution < -0.4 is 15.2 Å². The second kappa shape index (κ2) is 8.99. The molecule has 1 unspecified atom stereocenters. The molecule has 0 heterocycles. The Hall–Kier alpha value is -2.70. The maximum Gasteiger partial charge on any atom is 0.248 e. The van der Waals surface area contributed by atoms with Crippen LogP contribution in [0.1, 0.15) is 39.9 Å². The molecule has 1 amide bonds. The normalized spacial score (nSPS) is 12.5.